The van der Waals surface area contributed by atoms with Gasteiger partial charge in [0.2, 0.25) is 10.0 Å². The largest absolute Gasteiger partial charge is 0.387 e. The maximum atomic E-state index is 12.1. The van der Waals surface area contributed by atoms with E-state index in [1.54, 1.807) is 13.8 Å². The van der Waals surface area contributed by atoms with E-state index in [4.69, 9.17) is 11.1 Å². The van der Waals surface area contributed by atoms with Gasteiger partial charge in [0.05, 0.1) is 12.0 Å². The molecule has 1 aromatic heterocycles. The van der Waals surface area contributed by atoms with E-state index in [1.807, 2.05) is 0 Å². The molecule has 0 fully saturated rings. The number of nitrogens with one attached hydrogen (secondary N) is 2. The lowest BCUT2D eigenvalue weighted by Gasteiger charge is -2.22. The van der Waals surface area contributed by atoms with Crippen LogP contribution in [-0.2, 0) is 10.0 Å². The fourth-order valence-electron chi connectivity index (χ4n) is 1.33. The third-order valence-corrected chi connectivity index (χ3v) is 4.38. The number of aromatic nitrogens is 2. The third-order valence-electron chi connectivity index (χ3n) is 2.47. The molecule has 0 spiro atoms. The Balaban J connectivity index is 2.92. The quantitative estimate of drug-likeness (QED) is 0.492. The van der Waals surface area contributed by atoms with Gasteiger partial charge in [0.25, 0.3) is 0 Å². The minimum absolute atomic E-state index is 0.0224. The summed E-state index contributed by atoms with van der Waals surface area (Å²) in [6, 6.07) is 0. The fourth-order valence-corrected chi connectivity index (χ4v) is 2.78. The lowest BCUT2D eigenvalue weighted by molar-refractivity contribution is 0.403. The Morgan fingerprint density at radius 3 is 2.76 bits per heavy atom. The molecule has 0 bridgehead atoms. The molecule has 1 aromatic rings. The van der Waals surface area contributed by atoms with Gasteiger partial charge in [-0.1, -0.05) is 13.8 Å². The van der Waals surface area contributed by atoms with E-state index in [2.05, 4.69) is 10.2 Å². The first kappa shape index (κ1) is 13.7. The predicted molar refractivity (Wildman–Crippen MR) is 64.1 cm³/mol. The van der Waals surface area contributed by atoms with Crippen LogP contribution in [0.3, 0.4) is 0 Å². The van der Waals surface area contributed by atoms with Crippen molar-refractivity contribution in [1.29, 1.82) is 5.41 Å². The van der Waals surface area contributed by atoms with Crippen molar-refractivity contribution < 1.29 is 8.42 Å². The van der Waals surface area contributed by atoms with Crippen molar-refractivity contribution in [2.75, 3.05) is 13.1 Å². The minimum Gasteiger partial charge on any atom is -0.387 e. The zero-order chi connectivity index (χ0) is 13.1. The molecular weight excluding hydrogens is 242 g/mol. The molecule has 0 amide bonds. The van der Waals surface area contributed by atoms with E-state index in [1.165, 1.54) is 16.7 Å². The number of rotatable bonds is 6. The van der Waals surface area contributed by atoms with E-state index in [9.17, 15) is 8.42 Å². The number of nitrogens with zero attached hydrogens (tertiary/aromatic N) is 2. The van der Waals surface area contributed by atoms with Gasteiger partial charge in [-0.15, -0.1) is 0 Å². The fraction of sp³-hybridized carbons (Fsp3) is 0.556. The molecule has 17 heavy (non-hydrogen) atoms. The first-order valence-electron chi connectivity index (χ1n) is 5.22. The summed E-state index contributed by atoms with van der Waals surface area (Å²) in [5.41, 5.74) is 5.34. The summed E-state index contributed by atoms with van der Waals surface area (Å²) in [5, 5.41) is 13.4. The number of H-pyrrole nitrogens is 1. The van der Waals surface area contributed by atoms with Crippen molar-refractivity contribution in [2.24, 2.45) is 11.7 Å². The normalized spacial score (nSPS) is 13.8. The number of hydrogen-bond donors (Lipinski definition) is 3. The molecule has 1 heterocycles. The highest BCUT2D eigenvalue weighted by molar-refractivity contribution is 7.89. The van der Waals surface area contributed by atoms with Crippen molar-refractivity contribution in [1.82, 2.24) is 14.5 Å². The number of amidine groups is 1. The average molecular weight is 259 g/mol. The summed E-state index contributed by atoms with van der Waals surface area (Å²) in [6.45, 7) is 3.98. The van der Waals surface area contributed by atoms with Crippen LogP contribution in [0.2, 0.25) is 0 Å². The van der Waals surface area contributed by atoms with Crippen molar-refractivity contribution in [3.8, 4) is 0 Å². The van der Waals surface area contributed by atoms with E-state index in [-0.39, 0.29) is 23.2 Å². The van der Waals surface area contributed by atoms with Gasteiger partial charge in [0.15, 0.2) is 0 Å². The Morgan fingerprint density at radius 1 is 1.71 bits per heavy atom. The molecular formula is C9H17N5O2S. The van der Waals surface area contributed by atoms with Crippen LogP contribution in [0.4, 0.5) is 0 Å². The van der Waals surface area contributed by atoms with Crippen molar-refractivity contribution in [3.63, 3.8) is 0 Å². The molecule has 0 saturated heterocycles. The Labute approximate surface area is 101 Å². The molecule has 0 aliphatic rings. The van der Waals surface area contributed by atoms with Crippen LogP contribution in [0.1, 0.15) is 13.8 Å². The topological polar surface area (TPSA) is 116 Å². The van der Waals surface area contributed by atoms with Crippen LogP contribution in [0.15, 0.2) is 17.3 Å². The van der Waals surface area contributed by atoms with Crippen molar-refractivity contribution in [3.05, 3.63) is 12.4 Å². The molecule has 96 valence electrons. The highest BCUT2D eigenvalue weighted by Crippen LogP contribution is 2.15. The molecule has 1 unspecified atom stereocenters. The summed E-state index contributed by atoms with van der Waals surface area (Å²) >= 11 is 0. The van der Waals surface area contributed by atoms with Crippen LogP contribution >= 0.6 is 0 Å². The maximum absolute atomic E-state index is 12.1. The van der Waals surface area contributed by atoms with Crippen LogP contribution in [0, 0.1) is 11.3 Å². The molecule has 0 aliphatic heterocycles. The summed E-state index contributed by atoms with van der Waals surface area (Å²) in [5.74, 6) is -0.331. The Kier molecular flexibility index (Phi) is 4.24. The zero-order valence-electron chi connectivity index (χ0n) is 9.84. The molecule has 0 aliphatic carbocycles. The Morgan fingerprint density at radius 2 is 2.35 bits per heavy atom. The van der Waals surface area contributed by atoms with E-state index < -0.39 is 10.0 Å². The van der Waals surface area contributed by atoms with Gasteiger partial charge in [-0.25, -0.2) is 8.42 Å². The molecule has 1 atom stereocenters. The number of nitrogens with two attached hydrogens (primary N) is 1. The second-order valence-corrected chi connectivity index (χ2v) is 5.68. The molecule has 0 aromatic carbocycles. The first-order chi connectivity index (χ1) is 7.89. The van der Waals surface area contributed by atoms with E-state index in [0.29, 0.717) is 6.54 Å². The van der Waals surface area contributed by atoms with Crippen LogP contribution in [0.25, 0.3) is 0 Å². The Hall–Kier alpha value is -1.41. The first-order valence-corrected chi connectivity index (χ1v) is 6.66. The zero-order valence-corrected chi connectivity index (χ0v) is 10.7. The minimum atomic E-state index is -3.55. The van der Waals surface area contributed by atoms with Gasteiger partial charge < -0.3 is 5.73 Å². The number of aromatic amines is 1. The van der Waals surface area contributed by atoms with Crippen LogP contribution < -0.4 is 5.73 Å². The molecule has 0 saturated carbocycles. The molecule has 0 radical (unpaired) electrons. The Bertz CT molecular complexity index is 468. The SMILES string of the molecule is CCN(CC(C)C(=N)N)S(=O)(=O)c1cn[nH]c1. The summed E-state index contributed by atoms with van der Waals surface area (Å²) in [6.07, 6.45) is 2.59. The van der Waals surface area contributed by atoms with Crippen molar-refractivity contribution in [2.45, 2.75) is 18.7 Å². The van der Waals surface area contributed by atoms with Gasteiger partial charge in [0, 0.05) is 25.2 Å². The van der Waals surface area contributed by atoms with Gasteiger partial charge >= 0.3 is 0 Å². The molecule has 8 heteroatoms. The smallest absolute Gasteiger partial charge is 0.246 e. The van der Waals surface area contributed by atoms with Crippen LogP contribution in [-0.4, -0.2) is 41.8 Å². The predicted octanol–water partition coefficient (Wildman–Crippen LogP) is -0.00763. The van der Waals surface area contributed by atoms with Gasteiger partial charge in [-0.05, 0) is 0 Å². The summed E-state index contributed by atoms with van der Waals surface area (Å²) < 4.78 is 25.6. The lowest BCUT2D eigenvalue weighted by Crippen LogP contribution is -2.38. The van der Waals surface area contributed by atoms with Gasteiger partial charge in [-0.3, -0.25) is 10.5 Å². The second-order valence-electron chi connectivity index (χ2n) is 3.75. The standard InChI is InChI=1S/C9H17N5O2S/c1-3-14(6-7(2)9(10)11)17(15,16)8-4-12-13-5-8/h4-5,7H,3,6H2,1-2H3,(H3,10,11)(H,12,13). The maximum Gasteiger partial charge on any atom is 0.246 e. The van der Waals surface area contributed by atoms with E-state index >= 15 is 0 Å². The summed E-state index contributed by atoms with van der Waals surface area (Å²) in [7, 11) is -3.55. The third kappa shape index (κ3) is 3.04. The summed E-state index contributed by atoms with van der Waals surface area (Å²) in [4.78, 5) is 0.120. The molecule has 4 N–H and O–H groups in total. The number of sulfonamides is 1. The van der Waals surface area contributed by atoms with Gasteiger partial charge in [-0.2, -0.15) is 9.40 Å². The highest BCUT2D eigenvalue weighted by atomic mass is 32.2. The average Bonchev–Trinajstić information content (AvgIpc) is 2.78. The number of hydrogen-bond acceptors (Lipinski definition) is 4. The van der Waals surface area contributed by atoms with Gasteiger partial charge in [0.1, 0.15) is 4.90 Å². The lowest BCUT2D eigenvalue weighted by atomic mass is 10.1. The van der Waals surface area contributed by atoms with E-state index in [0.717, 1.165) is 0 Å². The second kappa shape index (κ2) is 5.28. The molecule has 7 nitrogen and oxygen atoms in total. The monoisotopic (exact) mass is 259 g/mol. The highest BCUT2D eigenvalue weighted by Gasteiger charge is 2.26. The van der Waals surface area contributed by atoms with Crippen LogP contribution in [0.5, 0.6) is 0 Å². The van der Waals surface area contributed by atoms with Crippen molar-refractivity contribution >= 4 is 15.9 Å². The molecule has 1 rings (SSSR count).